The number of piperazine rings is 1. The van der Waals surface area contributed by atoms with Crippen LogP contribution < -0.4 is 14.4 Å². The van der Waals surface area contributed by atoms with Crippen molar-refractivity contribution in [2.75, 3.05) is 56.6 Å². The fraction of sp³-hybridized carbons (Fsp3) is 0.429. The summed E-state index contributed by atoms with van der Waals surface area (Å²) in [6, 6.07) is 10.1. The van der Waals surface area contributed by atoms with Gasteiger partial charge >= 0.3 is 0 Å². The number of para-hydroxylation sites is 1. The first-order valence-electron chi connectivity index (χ1n) is 9.71. The summed E-state index contributed by atoms with van der Waals surface area (Å²) in [5, 5.41) is 10.5. The van der Waals surface area contributed by atoms with Gasteiger partial charge in [-0.3, -0.25) is 4.90 Å². The highest BCUT2D eigenvalue weighted by Gasteiger charge is 2.23. The lowest BCUT2D eigenvalue weighted by Gasteiger charge is -2.37. The molecule has 0 spiro atoms. The van der Waals surface area contributed by atoms with Gasteiger partial charge in [-0.05, 0) is 30.7 Å². The minimum absolute atomic E-state index is 0.440. The summed E-state index contributed by atoms with van der Waals surface area (Å²) < 4.78 is 11.6. The Balaban J connectivity index is 1.31. The van der Waals surface area contributed by atoms with E-state index in [2.05, 4.69) is 26.9 Å². The first-order chi connectivity index (χ1) is 14.2. The highest BCUT2D eigenvalue weighted by molar-refractivity contribution is 7.99. The number of fused-ring (bicyclic) bond motifs is 1. The quantitative estimate of drug-likeness (QED) is 0.530. The maximum Gasteiger partial charge on any atom is 0.184 e. The number of aromatic nitrogens is 1. The number of hydrogen-bond acceptors (Lipinski definition) is 7. The summed E-state index contributed by atoms with van der Waals surface area (Å²) >= 11 is 7.66. The second-order valence-electron chi connectivity index (χ2n) is 7.03. The highest BCUT2D eigenvalue weighted by atomic mass is 35.5. The Labute approximate surface area is 180 Å². The number of anilines is 1. The molecule has 0 unspecified atom stereocenters. The number of thioether (sulfide) groups is 1. The lowest BCUT2D eigenvalue weighted by Crippen LogP contribution is -2.47. The minimum Gasteiger partial charge on any atom is -0.486 e. The molecule has 0 aliphatic carbocycles. The Bertz CT molecular complexity index is 926. The first kappa shape index (κ1) is 20.1. The Kier molecular flexibility index (Phi) is 6.34. The van der Waals surface area contributed by atoms with E-state index in [-0.39, 0.29) is 0 Å². The molecular formula is C21H23ClN4O2S. The normalized spacial score (nSPS) is 16.5. The lowest BCUT2D eigenvalue weighted by molar-refractivity contribution is 0.171. The predicted molar refractivity (Wildman–Crippen MR) is 116 cm³/mol. The molecule has 1 aromatic carbocycles. The van der Waals surface area contributed by atoms with Gasteiger partial charge in [0, 0.05) is 38.5 Å². The standard InChI is InChI=1S/C21H23ClN4O2S/c1-15-13-19(22)24-21(16(15)14-23)29-12-9-25-5-7-26(8-6-25)17-3-2-4-18-20(17)28-11-10-27-18/h2-4,13H,5-12H2,1H3. The van der Waals surface area contributed by atoms with Crippen LogP contribution in [0, 0.1) is 18.3 Å². The number of pyridine rings is 1. The van der Waals surface area contributed by atoms with Gasteiger partial charge in [-0.1, -0.05) is 17.7 Å². The number of nitrogens with zero attached hydrogens (tertiary/aromatic N) is 4. The van der Waals surface area contributed by atoms with Crippen molar-refractivity contribution in [1.82, 2.24) is 9.88 Å². The first-order valence-corrected chi connectivity index (χ1v) is 11.1. The zero-order valence-corrected chi connectivity index (χ0v) is 17.9. The summed E-state index contributed by atoms with van der Waals surface area (Å²) in [5.74, 6) is 2.58. The molecule has 0 radical (unpaired) electrons. The molecule has 0 bridgehead atoms. The summed E-state index contributed by atoms with van der Waals surface area (Å²) in [6.07, 6.45) is 0. The van der Waals surface area contributed by atoms with Crippen molar-refractivity contribution in [3.8, 4) is 17.6 Å². The molecule has 1 aromatic heterocycles. The number of hydrogen-bond donors (Lipinski definition) is 0. The van der Waals surface area contributed by atoms with Crippen LogP contribution in [0.4, 0.5) is 5.69 Å². The molecule has 1 fully saturated rings. The fourth-order valence-corrected chi connectivity index (χ4v) is 4.99. The molecule has 6 nitrogen and oxygen atoms in total. The van der Waals surface area contributed by atoms with E-state index in [1.165, 1.54) is 0 Å². The third kappa shape index (κ3) is 4.55. The fourth-order valence-electron chi connectivity index (χ4n) is 3.64. The number of ether oxygens (including phenoxy) is 2. The maximum atomic E-state index is 9.38. The van der Waals surface area contributed by atoms with E-state index < -0.39 is 0 Å². The topological polar surface area (TPSA) is 61.6 Å². The van der Waals surface area contributed by atoms with Gasteiger partial charge in [-0.2, -0.15) is 5.26 Å². The minimum atomic E-state index is 0.440. The Morgan fingerprint density at radius 2 is 2.00 bits per heavy atom. The van der Waals surface area contributed by atoms with E-state index in [1.807, 2.05) is 19.1 Å². The summed E-state index contributed by atoms with van der Waals surface area (Å²) in [5.41, 5.74) is 2.62. The molecule has 0 N–H and O–H groups in total. The van der Waals surface area contributed by atoms with Gasteiger partial charge in [-0.25, -0.2) is 4.98 Å². The molecule has 1 saturated heterocycles. The molecule has 8 heteroatoms. The molecule has 2 aliphatic heterocycles. The number of aryl methyl sites for hydroxylation is 1. The maximum absolute atomic E-state index is 9.38. The van der Waals surface area contributed by atoms with Crippen molar-refractivity contribution in [2.45, 2.75) is 11.9 Å². The van der Waals surface area contributed by atoms with Crippen LogP contribution in [-0.2, 0) is 0 Å². The Morgan fingerprint density at radius 3 is 2.79 bits per heavy atom. The van der Waals surface area contributed by atoms with Crippen molar-refractivity contribution in [1.29, 1.82) is 5.26 Å². The van der Waals surface area contributed by atoms with Crippen LogP contribution in [0.5, 0.6) is 11.5 Å². The Hall–Kier alpha value is -2.14. The van der Waals surface area contributed by atoms with Crippen molar-refractivity contribution < 1.29 is 9.47 Å². The molecule has 2 aliphatic rings. The van der Waals surface area contributed by atoms with Crippen LogP contribution in [-0.4, -0.2) is 61.6 Å². The van der Waals surface area contributed by atoms with Crippen LogP contribution >= 0.6 is 23.4 Å². The molecular weight excluding hydrogens is 408 g/mol. The summed E-state index contributed by atoms with van der Waals surface area (Å²) in [4.78, 5) is 9.15. The second kappa shape index (κ2) is 9.12. The second-order valence-corrected chi connectivity index (χ2v) is 8.50. The molecule has 4 rings (SSSR count). The number of rotatable bonds is 5. The van der Waals surface area contributed by atoms with Crippen LogP contribution in [0.15, 0.2) is 29.3 Å². The third-order valence-electron chi connectivity index (χ3n) is 5.17. The zero-order chi connectivity index (χ0) is 20.2. The third-order valence-corrected chi connectivity index (χ3v) is 6.32. The van der Waals surface area contributed by atoms with E-state index in [9.17, 15) is 5.26 Å². The van der Waals surface area contributed by atoms with Crippen molar-refractivity contribution in [3.05, 3.63) is 40.5 Å². The molecule has 0 saturated carbocycles. The number of nitriles is 1. The molecule has 0 amide bonds. The van der Waals surface area contributed by atoms with Gasteiger partial charge in [-0.15, -0.1) is 11.8 Å². The Morgan fingerprint density at radius 1 is 1.21 bits per heavy atom. The van der Waals surface area contributed by atoms with E-state index in [4.69, 9.17) is 21.1 Å². The van der Waals surface area contributed by atoms with Gasteiger partial charge in [0.2, 0.25) is 0 Å². The SMILES string of the molecule is Cc1cc(Cl)nc(SCCN2CCN(c3cccc4c3OCCO4)CC2)c1C#N. The van der Waals surface area contributed by atoms with Gasteiger partial charge in [0.05, 0.1) is 11.3 Å². The smallest absolute Gasteiger partial charge is 0.184 e. The molecule has 152 valence electrons. The molecule has 29 heavy (non-hydrogen) atoms. The monoisotopic (exact) mass is 430 g/mol. The van der Waals surface area contributed by atoms with Crippen molar-refractivity contribution in [3.63, 3.8) is 0 Å². The van der Waals surface area contributed by atoms with E-state index in [0.29, 0.717) is 23.9 Å². The van der Waals surface area contributed by atoms with Crippen molar-refractivity contribution >= 4 is 29.1 Å². The van der Waals surface area contributed by atoms with Crippen LogP contribution in [0.2, 0.25) is 5.15 Å². The van der Waals surface area contributed by atoms with Gasteiger partial charge in [0.1, 0.15) is 29.5 Å². The number of halogens is 1. The summed E-state index contributed by atoms with van der Waals surface area (Å²) in [7, 11) is 0. The zero-order valence-electron chi connectivity index (χ0n) is 16.4. The summed E-state index contributed by atoms with van der Waals surface area (Å²) in [6.45, 7) is 7.91. The molecule has 2 aromatic rings. The molecule has 3 heterocycles. The van der Waals surface area contributed by atoms with E-state index in [1.54, 1.807) is 17.8 Å². The van der Waals surface area contributed by atoms with E-state index in [0.717, 1.165) is 66.3 Å². The largest absolute Gasteiger partial charge is 0.486 e. The predicted octanol–water partition coefficient (Wildman–Crippen LogP) is 3.60. The van der Waals surface area contributed by atoms with Crippen molar-refractivity contribution in [2.24, 2.45) is 0 Å². The lowest BCUT2D eigenvalue weighted by atomic mass is 10.2. The average Bonchev–Trinajstić information content (AvgIpc) is 2.74. The van der Waals surface area contributed by atoms with Gasteiger partial charge < -0.3 is 14.4 Å². The van der Waals surface area contributed by atoms with Crippen LogP contribution in [0.3, 0.4) is 0 Å². The van der Waals surface area contributed by atoms with Crippen LogP contribution in [0.25, 0.3) is 0 Å². The number of benzene rings is 1. The van der Waals surface area contributed by atoms with Gasteiger partial charge in [0.15, 0.2) is 11.5 Å². The molecule has 0 atom stereocenters. The average molecular weight is 431 g/mol. The van der Waals surface area contributed by atoms with E-state index >= 15 is 0 Å². The highest BCUT2D eigenvalue weighted by Crippen LogP contribution is 2.39. The van der Waals surface area contributed by atoms with Crippen LogP contribution in [0.1, 0.15) is 11.1 Å². The van der Waals surface area contributed by atoms with Gasteiger partial charge in [0.25, 0.3) is 0 Å².